The second kappa shape index (κ2) is 6.81. The van der Waals surface area contributed by atoms with Gasteiger partial charge in [-0.25, -0.2) is 9.97 Å². The average molecular weight is 369 g/mol. The van der Waals surface area contributed by atoms with Crippen LogP contribution in [0.15, 0.2) is 77.7 Å². The van der Waals surface area contributed by atoms with Gasteiger partial charge in [0.2, 0.25) is 0 Å². The van der Waals surface area contributed by atoms with Crippen molar-refractivity contribution in [2.24, 2.45) is 0 Å². The SMILES string of the molecule is CN(Cc1cnn(Cc2ccccc2)c1)c1ncnc2c1oc1ccccc12. The Balaban J connectivity index is 1.41. The zero-order valence-corrected chi connectivity index (χ0v) is 15.5. The van der Waals surface area contributed by atoms with Gasteiger partial charge < -0.3 is 9.32 Å². The van der Waals surface area contributed by atoms with Crippen molar-refractivity contribution in [2.75, 3.05) is 11.9 Å². The van der Waals surface area contributed by atoms with Gasteiger partial charge in [0.05, 0.1) is 12.7 Å². The van der Waals surface area contributed by atoms with E-state index in [1.165, 1.54) is 5.56 Å². The molecule has 0 aliphatic carbocycles. The molecule has 3 heterocycles. The number of nitrogens with zero attached hydrogens (tertiary/aromatic N) is 5. The molecule has 0 saturated carbocycles. The summed E-state index contributed by atoms with van der Waals surface area (Å²) in [5, 5.41) is 5.49. The summed E-state index contributed by atoms with van der Waals surface area (Å²) in [6.45, 7) is 1.43. The first-order chi connectivity index (χ1) is 13.8. The lowest BCUT2D eigenvalue weighted by Gasteiger charge is -2.16. The Morgan fingerprint density at radius 1 is 0.964 bits per heavy atom. The van der Waals surface area contributed by atoms with Crippen molar-refractivity contribution in [3.8, 4) is 0 Å². The number of hydrogen-bond donors (Lipinski definition) is 0. The Kier molecular flexibility index (Phi) is 4.01. The molecule has 0 fully saturated rings. The Morgan fingerprint density at radius 2 is 1.79 bits per heavy atom. The highest BCUT2D eigenvalue weighted by Crippen LogP contribution is 2.32. The van der Waals surface area contributed by atoms with Crippen LogP contribution in [0.2, 0.25) is 0 Å². The number of aromatic nitrogens is 4. The molecule has 0 radical (unpaired) electrons. The van der Waals surface area contributed by atoms with Gasteiger partial charge in [-0.3, -0.25) is 4.68 Å². The molecule has 5 rings (SSSR count). The molecule has 2 aromatic carbocycles. The van der Waals surface area contributed by atoms with Gasteiger partial charge in [0.25, 0.3) is 0 Å². The largest absolute Gasteiger partial charge is 0.450 e. The monoisotopic (exact) mass is 369 g/mol. The molecule has 0 saturated heterocycles. The van der Waals surface area contributed by atoms with Crippen LogP contribution in [0.5, 0.6) is 0 Å². The molecule has 0 aliphatic rings. The smallest absolute Gasteiger partial charge is 0.196 e. The zero-order valence-electron chi connectivity index (χ0n) is 15.5. The maximum Gasteiger partial charge on any atom is 0.196 e. The van der Waals surface area contributed by atoms with Crippen LogP contribution < -0.4 is 4.90 Å². The minimum Gasteiger partial charge on any atom is -0.450 e. The fourth-order valence-corrected chi connectivity index (χ4v) is 3.48. The van der Waals surface area contributed by atoms with Crippen LogP contribution in [0.4, 0.5) is 5.82 Å². The van der Waals surface area contributed by atoms with Crippen LogP contribution in [-0.4, -0.2) is 26.8 Å². The van der Waals surface area contributed by atoms with E-state index in [2.05, 4.69) is 38.3 Å². The summed E-state index contributed by atoms with van der Waals surface area (Å²) >= 11 is 0. The Bertz CT molecular complexity index is 1240. The molecule has 0 amide bonds. The first-order valence-corrected chi connectivity index (χ1v) is 9.16. The second-order valence-electron chi connectivity index (χ2n) is 6.86. The van der Waals surface area contributed by atoms with Crippen molar-refractivity contribution in [1.82, 2.24) is 19.7 Å². The van der Waals surface area contributed by atoms with Crippen LogP contribution in [0, 0.1) is 0 Å². The molecule has 3 aromatic heterocycles. The Hall–Kier alpha value is -3.67. The van der Waals surface area contributed by atoms with Crippen LogP contribution in [0.3, 0.4) is 0 Å². The minimum absolute atomic E-state index is 0.679. The van der Waals surface area contributed by atoms with Gasteiger partial charge in [-0.2, -0.15) is 5.10 Å². The molecule has 6 nitrogen and oxygen atoms in total. The van der Waals surface area contributed by atoms with Gasteiger partial charge in [0, 0.05) is 30.7 Å². The summed E-state index contributed by atoms with van der Waals surface area (Å²) in [5.41, 5.74) is 4.71. The lowest BCUT2D eigenvalue weighted by Crippen LogP contribution is -2.17. The summed E-state index contributed by atoms with van der Waals surface area (Å²) in [4.78, 5) is 11.0. The molecule has 28 heavy (non-hydrogen) atoms. The highest BCUT2D eigenvalue weighted by molar-refractivity contribution is 6.05. The van der Waals surface area contributed by atoms with E-state index in [0.29, 0.717) is 12.1 Å². The third-order valence-electron chi connectivity index (χ3n) is 4.79. The lowest BCUT2D eigenvalue weighted by atomic mass is 10.2. The van der Waals surface area contributed by atoms with Crippen LogP contribution in [-0.2, 0) is 13.1 Å². The maximum atomic E-state index is 6.04. The summed E-state index contributed by atoms with van der Waals surface area (Å²) in [5.74, 6) is 0.775. The van der Waals surface area contributed by atoms with E-state index >= 15 is 0 Å². The van der Waals surface area contributed by atoms with E-state index in [9.17, 15) is 0 Å². The molecule has 0 aliphatic heterocycles. The van der Waals surface area contributed by atoms with Gasteiger partial charge in [0.15, 0.2) is 11.4 Å². The van der Waals surface area contributed by atoms with Gasteiger partial charge in [0.1, 0.15) is 17.4 Å². The van der Waals surface area contributed by atoms with Gasteiger partial charge in [-0.15, -0.1) is 0 Å². The number of rotatable bonds is 5. The first kappa shape index (κ1) is 16.5. The fourth-order valence-electron chi connectivity index (χ4n) is 3.48. The predicted molar refractivity (Wildman–Crippen MR) is 109 cm³/mol. The van der Waals surface area contributed by atoms with E-state index < -0.39 is 0 Å². The maximum absolute atomic E-state index is 6.04. The van der Waals surface area contributed by atoms with E-state index in [0.717, 1.165) is 34.4 Å². The predicted octanol–water partition coefficient (Wildman–Crippen LogP) is 4.26. The second-order valence-corrected chi connectivity index (χ2v) is 6.86. The summed E-state index contributed by atoms with van der Waals surface area (Å²) in [6, 6.07) is 18.2. The van der Waals surface area contributed by atoms with Crippen molar-refractivity contribution in [2.45, 2.75) is 13.1 Å². The number of fused-ring (bicyclic) bond motifs is 3. The van der Waals surface area contributed by atoms with Crippen LogP contribution >= 0.6 is 0 Å². The van der Waals surface area contributed by atoms with Crippen molar-refractivity contribution in [3.05, 3.63) is 84.4 Å². The van der Waals surface area contributed by atoms with E-state index in [1.807, 2.05) is 60.4 Å². The van der Waals surface area contributed by atoms with Crippen molar-refractivity contribution in [3.63, 3.8) is 0 Å². The Morgan fingerprint density at radius 3 is 2.68 bits per heavy atom. The average Bonchev–Trinajstić information content (AvgIpc) is 3.32. The molecular formula is C22H19N5O. The van der Waals surface area contributed by atoms with Gasteiger partial charge in [-0.05, 0) is 17.7 Å². The van der Waals surface area contributed by atoms with E-state index in [1.54, 1.807) is 6.33 Å². The van der Waals surface area contributed by atoms with E-state index in [-0.39, 0.29) is 0 Å². The number of hydrogen-bond acceptors (Lipinski definition) is 5. The molecule has 138 valence electrons. The normalized spacial score (nSPS) is 11.3. The molecule has 5 aromatic rings. The number of benzene rings is 2. The molecular weight excluding hydrogens is 350 g/mol. The minimum atomic E-state index is 0.679. The van der Waals surface area contributed by atoms with Crippen molar-refractivity contribution in [1.29, 1.82) is 0 Å². The summed E-state index contributed by atoms with van der Waals surface area (Å²) in [6.07, 6.45) is 5.56. The van der Waals surface area contributed by atoms with E-state index in [4.69, 9.17) is 4.42 Å². The Labute approximate surface area is 162 Å². The highest BCUT2D eigenvalue weighted by Gasteiger charge is 2.16. The molecule has 0 N–H and O–H groups in total. The molecule has 0 bridgehead atoms. The van der Waals surface area contributed by atoms with Crippen molar-refractivity contribution < 1.29 is 4.42 Å². The van der Waals surface area contributed by atoms with Gasteiger partial charge in [-0.1, -0.05) is 42.5 Å². The quantitative estimate of drug-likeness (QED) is 0.463. The van der Waals surface area contributed by atoms with Gasteiger partial charge >= 0.3 is 0 Å². The number of anilines is 1. The number of para-hydroxylation sites is 1. The summed E-state index contributed by atoms with van der Waals surface area (Å²) in [7, 11) is 2.00. The van der Waals surface area contributed by atoms with Crippen molar-refractivity contribution >= 4 is 27.9 Å². The number of furan rings is 1. The molecule has 0 spiro atoms. The fraction of sp³-hybridized carbons (Fsp3) is 0.136. The molecule has 0 unspecified atom stereocenters. The van der Waals surface area contributed by atoms with Crippen LogP contribution in [0.1, 0.15) is 11.1 Å². The molecule has 0 atom stereocenters. The standard InChI is InChI=1S/C22H19N5O/c1-26(12-17-11-25-27(14-17)13-16-7-3-2-4-8-16)22-21-20(23-15-24-22)18-9-5-6-10-19(18)28-21/h2-11,14-15H,12-13H2,1H3. The highest BCUT2D eigenvalue weighted by atomic mass is 16.3. The third kappa shape index (κ3) is 2.99. The van der Waals surface area contributed by atoms with Crippen LogP contribution in [0.25, 0.3) is 22.1 Å². The summed E-state index contributed by atoms with van der Waals surface area (Å²) < 4.78 is 7.99. The molecule has 6 heteroatoms. The first-order valence-electron chi connectivity index (χ1n) is 9.16. The zero-order chi connectivity index (χ0) is 18.9. The topological polar surface area (TPSA) is 60.0 Å². The lowest BCUT2D eigenvalue weighted by molar-refractivity contribution is 0.662. The third-order valence-corrected chi connectivity index (χ3v) is 4.79.